The summed E-state index contributed by atoms with van der Waals surface area (Å²) in [4.78, 5) is 33.7. The molecule has 1 amide bonds. The van der Waals surface area contributed by atoms with Gasteiger partial charge in [-0.25, -0.2) is 19.2 Å². The monoisotopic (exact) mass is 450 g/mol. The minimum Gasteiger partial charge on any atom is -0.475 e. The minimum absolute atomic E-state index is 0.163. The lowest BCUT2D eigenvalue weighted by molar-refractivity contribution is -0.192. The standard InChI is InChI=1S/C16H21FN4O3.C2HF3O2/c17-13-6-18-15(19-7-13)21-8-12-9-24-11-16(12,10-21)5-14(22)20-1-3-23-4-2-20;3-2(4,5)1(6)7/h6-7,12H,1-5,8-11H2;(H,6,7)/t12-,16+;/m1./s1. The van der Waals surface area contributed by atoms with Crippen LogP contribution in [-0.2, 0) is 19.1 Å². The summed E-state index contributed by atoms with van der Waals surface area (Å²) in [5.74, 6) is -2.25. The summed E-state index contributed by atoms with van der Waals surface area (Å²) >= 11 is 0. The first kappa shape index (κ1) is 23.1. The Morgan fingerprint density at radius 1 is 1.19 bits per heavy atom. The first-order valence-electron chi connectivity index (χ1n) is 9.56. The molecule has 0 aliphatic carbocycles. The lowest BCUT2D eigenvalue weighted by Crippen LogP contribution is -2.44. The van der Waals surface area contributed by atoms with Crippen LogP contribution in [0.3, 0.4) is 0 Å². The van der Waals surface area contributed by atoms with Gasteiger partial charge in [-0.2, -0.15) is 13.2 Å². The summed E-state index contributed by atoms with van der Waals surface area (Å²) in [5.41, 5.74) is -0.201. The Kier molecular flexibility index (Phi) is 6.94. The van der Waals surface area contributed by atoms with Gasteiger partial charge in [0.15, 0.2) is 5.82 Å². The molecule has 2 atom stereocenters. The van der Waals surface area contributed by atoms with Gasteiger partial charge in [-0.05, 0) is 0 Å². The summed E-state index contributed by atoms with van der Waals surface area (Å²) in [6.45, 7) is 5.15. The van der Waals surface area contributed by atoms with Crippen LogP contribution in [0.1, 0.15) is 6.42 Å². The third kappa shape index (κ3) is 5.58. The molecule has 13 heteroatoms. The molecule has 0 aromatic carbocycles. The topological polar surface area (TPSA) is 105 Å². The predicted molar refractivity (Wildman–Crippen MR) is 96.7 cm³/mol. The van der Waals surface area contributed by atoms with E-state index in [1.807, 2.05) is 9.80 Å². The van der Waals surface area contributed by atoms with E-state index in [0.717, 1.165) is 6.54 Å². The summed E-state index contributed by atoms with van der Waals surface area (Å²) in [7, 11) is 0. The second-order valence-corrected chi connectivity index (χ2v) is 7.63. The quantitative estimate of drug-likeness (QED) is 0.679. The number of alkyl halides is 3. The van der Waals surface area contributed by atoms with Crippen molar-refractivity contribution in [1.29, 1.82) is 0 Å². The molecule has 1 N–H and O–H groups in total. The van der Waals surface area contributed by atoms with Crippen LogP contribution in [0.5, 0.6) is 0 Å². The number of anilines is 1. The van der Waals surface area contributed by atoms with Gasteiger partial charge in [-0.3, -0.25) is 4.79 Å². The average molecular weight is 450 g/mol. The van der Waals surface area contributed by atoms with Crippen molar-refractivity contribution in [2.75, 3.05) is 57.5 Å². The zero-order valence-electron chi connectivity index (χ0n) is 16.5. The molecule has 0 bridgehead atoms. The van der Waals surface area contributed by atoms with E-state index in [1.165, 1.54) is 12.4 Å². The highest BCUT2D eigenvalue weighted by Gasteiger charge is 2.52. The van der Waals surface area contributed by atoms with E-state index < -0.39 is 18.0 Å². The number of hydrogen-bond acceptors (Lipinski definition) is 7. The SMILES string of the molecule is O=C(C[C@]12COC[C@H]1CN(c1ncc(F)cn1)C2)N1CCOCC1.O=C(O)C(F)(F)F. The molecule has 172 valence electrons. The molecule has 3 saturated heterocycles. The van der Waals surface area contributed by atoms with Crippen molar-refractivity contribution >= 4 is 17.8 Å². The van der Waals surface area contributed by atoms with Crippen LogP contribution in [0.4, 0.5) is 23.5 Å². The van der Waals surface area contributed by atoms with Crippen LogP contribution in [-0.4, -0.2) is 90.6 Å². The molecule has 0 unspecified atom stereocenters. The van der Waals surface area contributed by atoms with E-state index in [-0.39, 0.29) is 17.2 Å². The zero-order valence-corrected chi connectivity index (χ0v) is 16.5. The molecule has 1 aromatic rings. The van der Waals surface area contributed by atoms with Gasteiger partial charge in [0.05, 0.1) is 38.8 Å². The number of ether oxygens (including phenoxy) is 2. The Balaban J connectivity index is 0.000000339. The lowest BCUT2D eigenvalue weighted by atomic mass is 9.77. The van der Waals surface area contributed by atoms with Gasteiger partial charge in [-0.1, -0.05) is 0 Å². The van der Waals surface area contributed by atoms with Crippen LogP contribution in [0.25, 0.3) is 0 Å². The highest BCUT2D eigenvalue weighted by molar-refractivity contribution is 5.77. The highest BCUT2D eigenvalue weighted by atomic mass is 19.4. The fourth-order valence-electron chi connectivity index (χ4n) is 3.93. The number of rotatable bonds is 3. The van der Waals surface area contributed by atoms with Crippen molar-refractivity contribution in [2.45, 2.75) is 12.6 Å². The maximum atomic E-state index is 13.0. The van der Waals surface area contributed by atoms with Gasteiger partial charge in [-0.15, -0.1) is 0 Å². The number of carboxylic acids is 1. The Morgan fingerprint density at radius 2 is 1.81 bits per heavy atom. The number of aromatic nitrogens is 2. The van der Waals surface area contributed by atoms with E-state index in [1.54, 1.807) is 0 Å². The van der Waals surface area contributed by atoms with Gasteiger partial charge in [0.1, 0.15) is 0 Å². The summed E-state index contributed by atoms with van der Waals surface area (Å²) in [5, 5.41) is 7.12. The fourth-order valence-corrected chi connectivity index (χ4v) is 3.93. The minimum atomic E-state index is -5.08. The van der Waals surface area contributed by atoms with Crippen molar-refractivity contribution in [3.8, 4) is 0 Å². The molecular formula is C18H22F4N4O5. The van der Waals surface area contributed by atoms with Crippen molar-refractivity contribution in [3.05, 3.63) is 18.2 Å². The Bertz CT molecular complexity index is 788. The van der Waals surface area contributed by atoms with E-state index in [9.17, 15) is 22.4 Å². The normalized spacial score (nSPS) is 25.6. The smallest absolute Gasteiger partial charge is 0.475 e. The van der Waals surface area contributed by atoms with E-state index >= 15 is 0 Å². The maximum absolute atomic E-state index is 13.0. The average Bonchev–Trinajstić information content (AvgIpc) is 3.26. The van der Waals surface area contributed by atoms with Gasteiger partial charge < -0.3 is 24.4 Å². The maximum Gasteiger partial charge on any atom is 0.490 e. The number of fused-ring (bicyclic) bond motifs is 1. The molecule has 0 radical (unpaired) electrons. The molecule has 3 aliphatic rings. The number of morpholine rings is 1. The fraction of sp³-hybridized carbons (Fsp3) is 0.667. The number of carbonyl (C=O) groups excluding carboxylic acids is 1. The largest absolute Gasteiger partial charge is 0.490 e. The zero-order chi connectivity index (χ0) is 22.6. The highest BCUT2D eigenvalue weighted by Crippen LogP contribution is 2.45. The predicted octanol–water partition coefficient (Wildman–Crippen LogP) is 0.951. The van der Waals surface area contributed by atoms with E-state index in [2.05, 4.69) is 9.97 Å². The summed E-state index contributed by atoms with van der Waals surface area (Å²) < 4.78 is 55.8. The number of amides is 1. The number of aliphatic carboxylic acids is 1. The number of carbonyl (C=O) groups is 2. The van der Waals surface area contributed by atoms with Crippen LogP contribution in [0.15, 0.2) is 12.4 Å². The van der Waals surface area contributed by atoms with Crippen molar-refractivity contribution in [3.63, 3.8) is 0 Å². The van der Waals surface area contributed by atoms with E-state index in [4.69, 9.17) is 19.4 Å². The molecule has 0 saturated carbocycles. The molecule has 3 fully saturated rings. The van der Waals surface area contributed by atoms with Crippen LogP contribution in [0, 0.1) is 17.2 Å². The van der Waals surface area contributed by atoms with Crippen molar-refractivity contribution in [2.24, 2.45) is 11.3 Å². The van der Waals surface area contributed by atoms with Gasteiger partial charge in [0, 0.05) is 43.9 Å². The molecule has 9 nitrogen and oxygen atoms in total. The second-order valence-electron chi connectivity index (χ2n) is 7.63. The second kappa shape index (κ2) is 9.30. The van der Waals surface area contributed by atoms with Gasteiger partial charge in [0.2, 0.25) is 11.9 Å². The van der Waals surface area contributed by atoms with Crippen LogP contribution < -0.4 is 4.90 Å². The number of nitrogens with zero attached hydrogens (tertiary/aromatic N) is 4. The van der Waals surface area contributed by atoms with Crippen molar-refractivity contribution in [1.82, 2.24) is 14.9 Å². The molecule has 0 spiro atoms. The molecule has 4 rings (SSSR count). The lowest BCUT2D eigenvalue weighted by Gasteiger charge is -2.32. The van der Waals surface area contributed by atoms with Crippen LogP contribution >= 0.6 is 0 Å². The first-order chi connectivity index (χ1) is 14.6. The molecule has 4 heterocycles. The Morgan fingerprint density at radius 3 is 2.39 bits per heavy atom. The Labute approximate surface area is 174 Å². The first-order valence-corrected chi connectivity index (χ1v) is 9.56. The molecule has 3 aliphatic heterocycles. The third-order valence-electron chi connectivity index (χ3n) is 5.52. The number of hydrogen-bond donors (Lipinski definition) is 1. The molecule has 1 aromatic heterocycles. The Hall–Kier alpha value is -2.54. The molecule has 31 heavy (non-hydrogen) atoms. The van der Waals surface area contributed by atoms with Gasteiger partial charge in [0.25, 0.3) is 0 Å². The summed E-state index contributed by atoms with van der Waals surface area (Å²) in [6, 6.07) is 0. The van der Waals surface area contributed by atoms with Crippen LogP contribution in [0.2, 0.25) is 0 Å². The number of halogens is 4. The molecular weight excluding hydrogens is 428 g/mol. The summed E-state index contributed by atoms with van der Waals surface area (Å²) in [6.07, 6.45) is -2.26. The van der Waals surface area contributed by atoms with E-state index in [0.29, 0.717) is 58.4 Å². The van der Waals surface area contributed by atoms with Gasteiger partial charge >= 0.3 is 12.1 Å². The number of carboxylic acid groups (broad SMARTS) is 1. The van der Waals surface area contributed by atoms with Crippen molar-refractivity contribution < 1.29 is 41.7 Å². The third-order valence-corrected chi connectivity index (χ3v) is 5.52.